The van der Waals surface area contributed by atoms with Crippen LogP contribution < -0.4 is 0 Å². The number of halogens is 1. The molecule has 4 aromatic rings. The van der Waals surface area contributed by atoms with E-state index in [2.05, 4.69) is 40.9 Å². The van der Waals surface area contributed by atoms with Crippen LogP contribution in [0.5, 0.6) is 0 Å². The predicted molar refractivity (Wildman–Crippen MR) is 180 cm³/mol. The Bertz CT molecular complexity index is 1970. The lowest BCUT2D eigenvalue weighted by Gasteiger charge is -2.33. The third-order valence-corrected chi connectivity index (χ3v) is 10.9. The number of carbonyl (C=O) groups excluding carboxylic acids is 3. The molecule has 4 aliphatic rings. The quantitative estimate of drug-likeness (QED) is 0.225. The summed E-state index contributed by atoms with van der Waals surface area (Å²) < 4.78 is 14.4. The van der Waals surface area contributed by atoms with Gasteiger partial charge in [-0.05, 0) is 65.2 Å². The molecule has 4 bridgehead atoms. The van der Waals surface area contributed by atoms with Gasteiger partial charge in [-0.2, -0.15) is 5.10 Å². The molecule has 0 N–H and O–H groups in total. The standard InChI is InChI=1S/C35H37BrN8O5/c1-20(45)34-25-9-26(23-13-37-21(2)38-14-23)39-15-29(25)43(41-34)18-33(47)44-28-11-35(12-31(35)44)5-7-48-19-24-17-42(6-8-49-24)16-22-3-4-32(36)40-27(22)10-30(28)46/h3-4,9,13-15,24,28,31H,5-8,10-12,16-19H2,1-2H3/t24?,28-,31+,35-/m0/s1. The van der Waals surface area contributed by atoms with Crippen molar-refractivity contribution < 1.29 is 23.9 Å². The number of aromatic nitrogens is 6. The van der Waals surface area contributed by atoms with Crippen molar-refractivity contribution in [2.24, 2.45) is 5.41 Å². The molecule has 254 valence electrons. The van der Waals surface area contributed by atoms with Crippen LogP contribution in [-0.4, -0.2) is 108 Å². The van der Waals surface area contributed by atoms with Crippen LogP contribution in [0, 0.1) is 12.3 Å². The second-order valence-corrected chi connectivity index (χ2v) is 14.5. The molecule has 5 atom stereocenters. The van der Waals surface area contributed by atoms with E-state index in [0.29, 0.717) is 65.4 Å². The molecule has 3 aliphatic heterocycles. The maximum absolute atomic E-state index is 14.3. The van der Waals surface area contributed by atoms with E-state index in [1.807, 2.05) is 12.1 Å². The zero-order valence-corrected chi connectivity index (χ0v) is 29.1. The predicted octanol–water partition coefficient (Wildman–Crippen LogP) is 3.35. The molecule has 7 heterocycles. The number of likely N-dealkylation sites (tertiary alicyclic amines) is 1. The Kier molecular flexibility index (Phi) is 8.37. The summed E-state index contributed by atoms with van der Waals surface area (Å²) in [6.07, 6.45) is 7.28. The number of hydrogen-bond acceptors (Lipinski definition) is 11. The molecule has 2 unspecified atom stereocenters. The van der Waals surface area contributed by atoms with Gasteiger partial charge >= 0.3 is 0 Å². The average Bonchev–Trinajstić information content (AvgIpc) is 3.50. The highest BCUT2D eigenvalue weighted by Gasteiger charge is 2.66. The van der Waals surface area contributed by atoms with Gasteiger partial charge in [0.05, 0.1) is 54.9 Å². The highest BCUT2D eigenvalue weighted by atomic mass is 79.9. The zero-order chi connectivity index (χ0) is 33.9. The number of ketones is 2. The van der Waals surface area contributed by atoms with Crippen LogP contribution in [0.2, 0.25) is 0 Å². The number of Topliss-reactive ketones (excluding diaryl/α,β-unsaturated/α-hetero) is 2. The number of pyridine rings is 2. The SMILES string of the molecule is CC(=O)c1nn(CC(=O)N2[C@H]3C[C@@]4(CCOCC5CN(CCO5)Cc5ccc(Br)nc5CC3=O)C[C@@H]24)c2cnc(-c3cnc(C)nc3)cc12. The molecule has 4 aromatic heterocycles. The second-order valence-electron chi connectivity index (χ2n) is 13.7. The summed E-state index contributed by atoms with van der Waals surface area (Å²) in [4.78, 5) is 63.2. The minimum absolute atomic E-state index is 0.0196. The zero-order valence-electron chi connectivity index (χ0n) is 27.5. The van der Waals surface area contributed by atoms with Crippen LogP contribution in [0.1, 0.15) is 53.8 Å². The smallest absolute Gasteiger partial charge is 0.245 e. The van der Waals surface area contributed by atoms with E-state index in [0.717, 1.165) is 37.2 Å². The van der Waals surface area contributed by atoms with E-state index >= 15 is 0 Å². The molecule has 0 aromatic carbocycles. The number of nitrogens with zero attached hydrogens (tertiary/aromatic N) is 8. The summed E-state index contributed by atoms with van der Waals surface area (Å²) >= 11 is 3.50. The fourth-order valence-electron chi connectivity index (χ4n) is 7.81. The Morgan fingerprint density at radius 1 is 1.10 bits per heavy atom. The van der Waals surface area contributed by atoms with Crippen LogP contribution in [0.3, 0.4) is 0 Å². The first-order valence-corrected chi connectivity index (χ1v) is 17.5. The summed E-state index contributed by atoms with van der Waals surface area (Å²) in [5, 5.41) is 5.19. The highest BCUT2D eigenvalue weighted by Crippen LogP contribution is 2.62. The van der Waals surface area contributed by atoms with Crippen molar-refractivity contribution in [1.29, 1.82) is 0 Å². The van der Waals surface area contributed by atoms with Gasteiger partial charge in [0.2, 0.25) is 5.91 Å². The molecule has 1 saturated carbocycles. The maximum atomic E-state index is 14.3. The van der Waals surface area contributed by atoms with Crippen LogP contribution >= 0.6 is 15.9 Å². The third kappa shape index (κ3) is 6.19. The first kappa shape index (κ1) is 32.2. The average molecular weight is 730 g/mol. The van der Waals surface area contributed by atoms with Gasteiger partial charge in [0.15, 0.2) is 11.6 Å². The second kappa shape index (κ2) is 12.7. The molecule has 3 fully saturated rings. The number of aryl methyl sites for hydroxylation is 1. The van der Waals surface area contributed by atoms with Crippen LogP contribution in [0.4, 0.5) is 0 Å². The van der Waals surface area contributed by atoms with Crippen LogP contribution in [0.15, 0.2) is 41.4 Å². The lowest BCUT2D eigenvalue weighted by Crippen LogP contribution is -2.45. The summed E-state index contributed by atoms with van der Waals surface area (Å²) in [5.74, 6) is 0.185. The van der Waals surface area contributed by atoms with Gasteiger partial charge in [-0.15, -0.1) is 0 Å². The Balaban J connectivity index is 1.10. The fourth-order valence-corrected chi connectivity index (χ4v) is 8.16. The van der Waals surface area contributed by atoms with Crippen molar-refractivity contribution in [3.63, 3.8) is 0 Å². The van der Waals surface area contributed by atoms with Gasteiger partial charge in [-0.1, -0.05) is 6.07 Å². The molecular formula is C35H37BrN8O5. The third-order valence-electron chi connectivity index (χ3n) is 10.5. The van der Waals surface area contributed by atoms with E-state index in [9.17, 15) is 14.4 Å². The normalized spacial score (nSPS) is 26.8. The monoisotopic (exact) mass is 728 g/mol. The Morgan fingerprint density at radius 2 is 1.94 bits per heavy atom. The van der Waals surface area contributed by atoms with E-state index in [-0.39, 0.29) is 53.7 Å². The van der Waals surface area contributed by atoms with Gasteiger partial charge in [0.25, 0.3) is 0 Å². The van der Waals surface area contributed by atoms with Crippen molar-refractivity contribution in [1.82, 2.24) is 39.5 Å². The number of rotatable bonds is 4. The molecule has 2 saturated heterocycles. The van der Waals surface area contributed by atoms with E-state index in [4.69, 9.17) is 14.5 Å². The largest absolute Gasteiger partial charge is 0.379 e. The minimum Gasteiger partial charge on any atom is -0.379 e. The molecule has 49 heavy (non-hydrogen) atoms. The summed E-state index contributed by atoms with van der Waals surface area (Å²) in [7, 11) is 0. The lowest BCUT2D eigenvalue weighted by molar-refractivity contribution is -0.139. The number of piperidine rings is 1. The minimum atomic E-state index is -0.590. The van der Waals surface area contributed by atoms with Gasteiger partial charge in [0, 0.05) is 62.6 Å². The summed E-state index contributed by atoms with van der Waals surface area (Å²) in [5.41, 5.74) is 3.67. The number of morpholine rings is 1. The molecular weight excluding hydrogens is 692 g/mol. The summed E-state index contributed by atoms with van der Waals surface area (Å²) in [6, 6.07) is 5.06. The van der Waals surface area contributed by atoms with Gasteiger partial charge < -0.3 is 14.4 Å². The van der Waals surface area contributed by atoms with Crippen molar-refractivity contribution in [2.45, 2.75) is 70.8 Å². The number of amides is 1. The molecule has 1 amide bonds. The van der Waals surface area contributed by atoms with Gasteiger partial charge in [-0.3, -0.25) is 28.9 Å². The first-order valence-electron chi connectivity index (χ1n) is 16.7. The highest BCUT2D eigenvalue weighted by molar-refractivity contribution is 9.10. The topological polar surface area (TPSA) is 146 Å². The van der Waals surface area contributed by atoms with E-state index in [1.54, 1.807) is 36.5 Å². The maximum Gasteiger partial charge on any atom is 0.245 e. The molecule has 0 radical (unpaired) electrons. The number of hydrogen-bond donors (Lipinski definition) is 0. The Hall–Kier alpha value is -3.98. The van der Waals surface area contributed by atoms with E-state index < -0.39 is 6.04 Å². The van der Waals surface area contributed by atoms with Crippen molar-refractivity contribution in [3.05, 3.63) is 64.2 Å². The first-order chi connectivity index (χ1) is 23.7. The Labute approximate surface area is 291 Å². The molecule has 8 rings (SSSR count). The van der Waals surface area contributed by atoms with Gasteiger partial charge in [-0.25, -0.2) is 15.0 Å². The molecule has 1 spiro atoms. The number of carbonyl (C=O) groups is 3. The molecule has 1 aliphatic carbocycles. The number of ether oxygens (including phenoxy) is 2. The lowest BCUT2D eigenvalue weighted by atomic mass is 9.92. The van der Waals surface area contributed by atoms with Crippen molar-refractivity contribution in [2.75, 3.05) is 32.9 Å². The van der Waals surface area contributed by atoms with Crippen LogP contribution in [-0.2, 0) is 38.6 Å². The van der Waals surface area contributed by atoms with Crippen molar-refractivity contribution >= 4 is 44.3 Å². The molecule has 13 nitrogen and oxygen atoms in total. The summed E-state index contributed by atoms with van der Waals surface area (Å²) in [6.45, 7) is 7.02. The molecule has 14 heteroatoms. The fraction of sp³-hybridized carbons (Fsp3) is 0.486. The van der Waals surface area contributed by atoms with Crippen molar-refractivity contribution in [3.8, 4) is 11.3 Å². The van der Waals surface area contributed by atoms with Gasteiger partial charge in [0.1, 0.15) is 22.7 Å². The van der Waals surface area contributed by atoms with Crippen LogP contribution in [0.25, 0.3) is 22.2 Å². The number of fused-ring (bicyclic) bond motifs is 5. The Morgan fingerprint density at radius 3 is 2.76 bits per heavy atom. The van der Waals surface area contributed by atoms with E-state index in [1.165, 1.54) is 11.6 Å².